The molecule has 0 spiro atoms. The van der Waals surface area contributed by atoms with Crippen LogP contribution in [0.15, 0.2) is 22.8 Å². The number of anilines is 1. The maximum Gasteiger partial charge on any atom is 0.126 e. The SMILES string of the molecule is CCCC1CCC(Nc2ccc(Br)cn2)CC1. The van der Waals surface area contributed by atoms with Crippen molar-refractivity contribution in [3.63, 3.8) is 0 Å². The number of hydrogen-bond donors (Lipinski definition) is 1. The van der Waals surface area contributed by atoms with E-state index in [4.69, 9.17) is 0 Å². The fraction of sp³-hybridized carbons (Fsp3) is 0.643. The lowest BCUT2D eigenvalue weighted by Crippen LogP contribution is -2.26. The summed E-state index contributed by atoms with van der Waals surface area (Å²) in [7, 11) is 0. The van der Waals surface area contributed by atoms with Crippen molar-refractivity contribution in [2.45, 2.75) is 51.5 Å². The van der Waals surface area contributed by atoms with Gasteiger partial charge in [0.05, 0.1) is 0 Å². The zero-order chi connectivity index (χ0) is 12.1. The number of nitrogens with one attached hydrogen (secondary N) is 1. The Kier molecular flexibility index (Phi) is 4.84. The van der Waals surface area contributed by atoms with Crippen LogP contribution in [-0.4, -0.2) is 11.0 Å². The van der Waals surface area contributed by atoms with Gasteiger partial charge in [-0.2, -0.15) is 0 Å². The van der Waals surface area contributed by atoms with Gasteiger partial charge in [0.1, 0.15) is 5.82 Å². The minimum Gasteiger partial charge on any atom is -0.367 e. The van der Waals surface area contributed by atoms with Gasteiger partial charge in [-0.15, -0.1) is 0 Å². The number of hydrogen-bond acceptors (Lipinski definition) is 2. The van der Waals surface area contributed by atoms with Crippen LogP contribution in [-0.2, 0) is 0 Å². The molecular weight excluding hydrogens is 276 g/mol. The summed E-state index contributed by atoms with van der Waals surface area (Å²) in [5.41, 5.74) is 0. The molecule has 1 fully saturated rings. The summed E-state index contributed by atoms with van der Waals surface area (Å²) in [6.07, 6.45) is 9.93. The molecule has 1 saturated carbocycles. The van der Waals surface area contributed by atoms with Crippen LogP contribution >= 0.6 is 15.9 Å². The molecule has 1 aromatic heterocycles. The lowest BCUT2D eigenvalue weighted by atomic mass is 9.83. The highest BCUT2D eigenvalue weighted by Crippen LogP contribution is 2.29. The first-order chi connectivity index (χ1) is 8.28. The molecule has 2 rings (SSSR count). The van der Waals surface area contributed by atoms with Gasteiger partial charge in [-0.1, -0.05) is 19.8 Å². The summed E-state index contributed by atoms with van der Waals surface area (Å²) in [6.45, 7) is 2.29. The van der Waals surface area contributed by atoms with Gasteiger partial charge in [0.15, 0.2) is 0 Å². The molecule has 0 radical (unpaired) electrons. The van der Waals surface area contributed by atoms with E-state index in [0.29, 0.717) is 6.04 Å². The van der Waals surface area contributed by atoms with Crippen LogP contribution in [0.25, 0.3) is 0 Å². The molecule has 0 amide bonds. The van der Waals surface area contributed by atoms with Gasteiger partial charge in [-0.3, -0.25) is 0 Å². The molecule has 1 aliphatic carbocycles. The van der Waals surface area contributed by atoms with Gasteiger partial charge >= 0.3 is 0 Å². The number of pyridine rings is 1. The van der Waals surface area contributed by atoms with Crippen LogP contribution in [0, 0.1) is 5.92 Å². The standard InChI is InChI=1S/C14H21BrN2/c1-2-3-11-4-7-13(8-5-11)17-14-9-6-12(15)10-16-14/h6,9-11,13H,2-5,7-8H2,1H3,(H,16,17). The highest BCUT2D eigenvalue weighted by molar-refractivity contribution is 9.10. The topological polar surface area (TPSA) is 24.9 Å². The van der Waals surface area contributed by atoms with Crippen molar-refractivity contribution in [2.24, 2.45) is 5.92 Å². The van der Waals surface area contributed by atoms with E-state index in [9.17, 15) is 0 Å². The minimum atomic E-state index is 0.622. The molecule has 0 atom stereocenters. The Labute approximate surface area is 112 Å². The van der Waals surface area contributed by atoms with Crippen LogP contribution in [0.4, 0.5) is 5.82 Å². The first-order valence-electron chi connectivity index (χ1n) is 6.66. The Bertz CT molecular complexity index is 329. The Morgan fingerprint density at radius 3 is 2.65 bits per heavy atom. The second-order valence-corrected chi connectivity index (χ2v) is 5.93. The molecule has 1 N–H and O–H groups in total. The summed E-state index contributed by atoms with van der Waals surface area (Å²) in [6, 6.07) is 4.71. The van der Waals surface area contributed by atoms with Crippen molar-refractivity contribution < 1.29 is 0 Å². The molecule has 0 aromatic carbocycles. The van der Waals surface area contributed by atoms with E-state index in [1.165, 1.54) is 38.5 Å². The van der Waals surface area contributed by atoms with Crippen LogP contribution in [0.2, 0.25) is 0 Å². The lowest BCUT2D eigenvalue weighted by Gasteiger charge is -2.29. The average Bonchev–Trinajstić information content (AvgIpc) is 2.35. The summed E-state index contributed by atoms with van der Waals surface area (Å²) in [5, 5.41) is 3.54. The molecule has 1 heterocycles. The van der Waals surface area contributed by atoms with Crippen LogP contribution in [0.3, 0.4) is 0 Å². The van der Waals surface area contributed by atoms with Crippen LogP contribution in [0.1, 0.15) is 45.4 Å². The molecule has 3 heteroatoms. The highest BCUT2D eigenvalue weighted by atomic mass is 79.9. The van der Waals surface area contributed by atoms with E-state index in [0.717, 1.165) is 16.2 Å². The minimum absolute atomic E-state index is 0.622. The van der Waals surface area contributed by atoms with Gasteiger partial charge in [-0.05, 0) is 59.7 Å². The Morgan fingerprint density at radius 2 is 2.06 bits per heavy atom. The highest BCUT2D eigenvalue weighted by Gasteiger charge is 2.20. The number of rotatable bonds is 4. The normalized spacial score (nSPS) is 24.6. The molecule has 17 heavy (non-hydrogen) atoms. The van der Waals surface area contributed by atoms with Crippen LogP contribution < -0.4 is 5.32 Å². The maximum absolute atomic E-state index is 4.37. The molecule has 94 valence electrons. The largest absolute Gasteiger partial charge is 0.367 e. The third kappa shape index (κ3) is 3.98. The second-order valence-electron chi connectivity index (χ2n) is 5.01. The van der Waals surface area contributed by atoms with Crippen LogP contribution in [0.5, 0.6) is 0 Å². The quantitative estimate of drug-likeness (QED) is 0.877. The predicted octanol–water partition coefficient (Wildman–Crippen LogP) is 4.61. The number of aromatic nitrogens is 1. The number of halogens is 1. The monoisotopic (exact) mass is 296 g/mol. The third-order valence-electron chi connectivity index (χ3n) is 3.62. The van der Waals surface area contributed by atoms with Crippen molar-refractivity contribution in [3.8, 4) is 0 Å². The summed E-state index contributed by atoms with van der Waals surface area (Å²) in [4.78, 5) is 4.37. The average molecular weight is 297 g/mol. The summed E-state index contributed by atoms with van der Waals surface area (Å²) < 4.78 is 1.04. The van der Waals surface area contributed by atoms with E-state index in [1.54, 1.807) is 0 Å². The van der Waals surface area contributed by atoms with Crippen molar-refractivity contribution in [1.29, 1.82) is 0 Å². The van der Waals surface area contributed by atoms with E-state index in [-0.39, 0.29) is 0 Å². The van der Waals surface area contributed by atoms with Gasteiger partial charge in [-0.25, -0.2) is 4.98 Å². The molecular formula is C14H21BrN2. The van der Waals surface area contributed by atoms with E-state index in [2.05, 4.69) is 33.2 Å². The summed E-state index contributed by atoms with van der Waals surface area (Å²) >= 11 is 3.41. The molecule has 0 bridgehead atoms. The summed E-state index contributed by atoms with van der Waals surface area (Å²) in [5.74, 6) is 1.98. The second kappa shape index (κ2) is 6.39. The maximum atomic E-state index is 4.37. The van der Waals surface area contributed by atoms with Gasteiger partial charge in [0, 0.05) is 16.7 Å². The zero-order valence-electron chi connectivity index (χ0n) is 10.5. The van der Waals surface area contributed by atoms with E-state index >= 15 is 0 Å². The molecule has 0 saturated heterocycles. The first kappa shape index (κ1) is 12.9. The first-order valence-corrected chi connectivity index (χ1v) is 7.45. The Hall–Kier alpha value is -0.570. The Morgan fingerprint density at radius 1 is 1.29 bits per heavy atom. The predicted molar refractivity (Wildman–Crippen MR) is 76.2 cm³/mol. The van der Waals surface area contributed by atoms with Crippen molar-refractivity contribution in [2.75, 3.05) is 5.32 Å². The molecule has 2 nitrogen and oxygen atoms in total. The van der Waals surface area contributed by atoms with Crippen molar-refractivity contribution >= 4 is 21.7 Å². The zero-order valence-corrected chi connectivity index (χ0v) is 12.0. The number of nitrogens with zero attached hydrogens (tertiary/aromatic N) is 1. The molecule has 1 aliphatic rings. The molecule has 0 unspecified atom stereocenters. The van der Waals surface area contributed by atoms with E-state index < -0.39 is 0 Å². The van der Waals surface area contributed by atoms with Crippen molar-refractivity contribution in [1.82, 2.24) is 4.98 Å². The fourth-order valence-electron chi connectivity index (χ4n) is 2.67. The van der Waals surface area contributed by atoms with Crippen molar-refractivity contribution in [3.05, 3.63) is 22.8 Å². The molecule has 1 aromatic rings. The third-order valence-corrected chi connectivity index (χ3v) is 4.09. The van der Waals surface area contributed by atoms with Gasteiger partial charge in [0.25, 0.3) is 0 Å². The van der Waals surface area contributed by atoms with Gasteiger partial charge in [0.2, 0.25) is 0 Å². The fourth-order valence-corrected chi connectivity index (χ4v) is 2.91. The van der Waals surface area contributed by atoms with Gasteiger partial charge < -0.3 is 5.32 Å². The molecule has 0 aliphatic heterocycles. The smallest absolute Gasteiger partial charge is 0.126 e. The lowest BCUT2D eigenvalue weighted by molar-refractivity contribution is 0.318. The van der Waals surface area contributed by atoms with E-state index in [1.807, 2.05) is 18.3 Å². The Balaban J connectivity index is 1.79.